The van der Waals surface area contributed by atoms with E-state index in [9.17, 15) is 23.6 Å². The molecule has 1 saturated heterocycles. The smallest absolute Gasteiger partial charge is 0.324 e. The fourth-order valence-electron chi connectivity index (χ4n) is 2.23. The van der Waals surface area contributed by atoms with Gasteiger partial charge in [-0.05, 0) is 30.5 Å². The van der Waals surface area contributed by atoms with Crippen LogP contribution in [0.5, 0.6) is 0 Å². The number of anilines is 1. The van der Waals surface area contributed by atoms with Gasteiger partial charge in [0.15, 0.2) is 0 Å². The minimum Gasteiger partial charge on any atom is -0.324 e. The number of rotatable bonds is 5. The number of hydrogen-bond acceptors (Lipinski definition) is 4. The molecule has 0 saturated carbocycles. The molecule has 1 heterocycles. The van der Waals surface area contributed by atoms with Gasteiger partial charge in [0.1, 0.15) is 12.4 Å². The van der Waals surface area contributed by atoms with Gasteiger partial charge in [-0.3, -0.25) is 19.3 Å². The third-order valence-corrected chi connectivity index (χ3v) is 3.44. The Balaban J connectivity index is 2.05. The van der Waals surface area contributed by atoms with E-state index in [0.717, 1.165) is 11.0 Å². The van der Waals surface area contributed by atoms with Crippen LogP contribution in [0.25, 0.3) is 0 Å². The van der Waals surface area contributed by atoms with Crippen molar-refractivity contribution < 1.29 is 23.6 Å². The third-order valence-electron chi connectivity index (χ3n) is 3.44. The highest BCUT2D eigenvalue weighted by Crippen LogP contribution is 2.16. The van der Waals surface area contributed by atoms with Crippen molar-refractivity contribution in [3.63, 3.8) is 0 Å². The lowest BCUT2D eigenvalue weighted by Crippen LogP contribution is -2.39. The fraction of sp³-hybridized carbons (Fsp3) is 0.375. The molecule has 0 aliphatic carbocycles. The van der Waals surface area contributed by atoms with Crippen molar-refractivity contribution in [3.8, 4) is 0 Å². The van der Waals surface area contributed by atoms with E-state index in [-0.39, 0.29) is 18.2 Å². The molecule has 1 N–H and O–H groups in total. The number of nitrogens with zero attached hydrogens (tertiary/aromatic N) is 2. The molecule has 0 aromatic heterocycles. The number of urea groups is 1. The number of benzene rings is 1. The number of amides is 5. The van der Waals surface area contributed by atoms with E-state index >= 15 is 0 Å². The van der Waals surface area contributed by atoms with Crippen molar-refractivity contribution in [2.75, 3.05) is 18.4 Å². The summed E-state index contributed by atoms with van der Waals surface area (Å²) in [5, 5.41) is 2.39. The zero-order valence-corrected chi connectivity index (χ0v) is 13.6. The second kappa shape index (κ2) is 6.77. The van der Waals surface area contributed by atoms with Crippen LogP contribution in [0.4, 0.5) is 14.9 Å². The van der Waals surface area contributed by atoms with E-state index < -0.39 is 36.1 Å². The van der Waals surface area contributed by atoms with Gasteiger partial charge in [0.2, 0.25) is 5.91 Å². The molecule has 1 aromatic rings. The fourth-order valence-corrected chi connectivity index (χ4v) is 2.23. The van der Waals surface area contributed by atoms with Crippen LogP contribution in [0.1, 0.15) is 19.4 Å². The monoisotopic (exact) mass is 335 g/mol. The van der Waals surface area contributed by atoms with E-state index in [0.29, 0.717) is 10.5 Å². The summed E-state index contributed by atoms with van der Waals surface area (Å²) in [5.74, 6) is -3.16. The Morgan fingerprint density at radius 3 is 2.38 bits per heavy atom. The SMILES string of the molecule is Cc1ccc(NC(=O)CN2C(=O)C(=O)N(CC(C)C)C2=O)cc1F. The Labute approximate surface area is 138 Å². The first-order valence-corrected chi connectivity index (χ1v) is 7.44. The van der Waals surface area contributed by atoms with Gasteiger partial charge in [0.05, 0.1) is 0 Å². The Morgan fingerprint density at radius 2 is 1.79 bits per heavy atom. The van der Waals surface area contributed by atoms with Crippen molar-refractivity contribution >= 4 is 29.4 Å². The largest absolute Gasteiger partial charge is 0.334 e. The van der Waals surface area contributed by atoms with Gasteiger partial charge in [0.25, 0.3) is 0 Å². The van der Waals surface area contributed by atoms with Crippen LogP contribution in [0.15, 0.2) is 18.2 Å². The van der Waals surface area contributed by atoms with Crippen LogP contribution in [-0.2, 0) is 14.4 Å². The summed E-state index contributed by atoms with van der Waals surface area (Å²) >= 11 is 0. The molecule has 128 valence electrons. The van der Waals surface area contributed by atoms with Gasteiger partial charge >= 0.3 is 17.8 Å². The molecule has 2 rings (SSSR count). The van der Waals surface area contributed by atoms with E-state index in [1.54, 1.807) is 20.8 Å². The molecule has 1 aliphatic rings. The summed E-state index contributed by atoms with van der Waals surface area (Å²) < 4.78 is 13.5. The molecule has 5 amide bonds. The van der Waals surface area contributed by atoms with Crippen LogP contribution in [-0.4, -0.2) is 46.6 Å². The molecular formula is C16H18FN3O4. The molecular weight excluding hydrogens is 317 g/mol. The summed E-state index contributed by atoms with van der Waals surface area (Å²) in [6.07, 6.45) is 0. The minimum atomic E-state index is -1.04. The minimum absolute atomic E-state index is 0.00462. The second-order valence-electron chi connectivity index (χ2n) is 6.00. The number of carbonyl (C=O) groups excluding carboxylic acids is 4. The first-order chi connectivity index (χ1) is 11.2. The second-order valence-corrected chi connectivity index (χ2v) is 6.00. The highest BCUT2D eigenvalue weighted by molar-refractivity contribution is 6.45. The van der Waals surface area contributed by atoms with Crippen LogP contribution < -0.4 is 5.32 Å². The maximum atomic E-state index is 13.5. The van der Waals surface area contributed by atoms with Crippen LogP contribution in [0.2, 0.25) is 0 Å². The van der Waals surface area contributed by atoms with Gasteiger partial charge in [0, 0.05) is 12.2 Å². The molecule has 24 heavy (non-hydrogen) atoms. The standard InChI is InChI=1S/C16H18FN3O4/c1-9(2)7-19-14(22)15(23)20(16(19)24)8-13(21)18-11-5-4-10(3)12(17)6-11/h4-6,9H,7-8H2,1-3H3,(H,18,21). The third kappa shape index (κ3) is 3.58. The molecule has 7 nitrogen and oxygen atoms in total. The van der Waals surface area contributed by atoms with Crippen LogP contribution in [0, 0.1) is 18.7 Å². The van der Waals surface area contributed by atoms with Gasteiger partial charge in [-0.15, -0.1) is 0 Å². The Hall–Kier alpha value is -2.77. The molecule has 1 aliphatic heterocycles. The van der Waals surface area contributed by atoms with Crippen LogP contribution in [0.3, 0.4) is 0 Å². The van der Waals surface area contributed by atoms with Gasteiger partial charge in [-0.25, -0.2) is 14.1 Å². The Bertz CT molecular complexity index is 717. The first kappa shape index (κ1) is 17.6. The van der Waals surface area contributed by atoms with Crippen LogP contribution >= 0.6 is 0 Å². The van der Waals surface area contributed by atoms with Gasteiger partial charge in [-0.2, -0.15) is 0 Å². The average Bonchev–Trinajstić information content (AvgIpc) is 2.68. The van der Waals surface area contributed by atoms with Crippen molar-refractivity contribution in [2.24, 2.45) is 5.92 Å². The average molecular weight is 335 g/mol. The normalized spacial score (nSPS) is 14.8. The van der Waals surface area contributed by atoms with Crippen molar-refractivity contribution in [1.82, 2.24) is 9.80 Å². The number of aryl methyl sites for hydroxylation is 1. The zero-order chi connectivity index (χ0) is 18.0. The van der Waals surface area contributed by atoms with E-state index in [1.807, 2.05) is 0 Å². The molecule has 0 atom stereocenters. The van der Waals surface area contributed by atoms with Crippen molar-refractivity contribution in [3.05, 3.63) is 29.6 Å². The predicted molar refractivity (Wildman–Crippen MR) is 83.4 cm³/mol. The van der Waals surface area contributed by atoms with Crippen molar-refractivity contribution in [2.45, 2.75) is 20.8 Å². The number of imide groups is 2. The molecule has 0 radical (unpaired) electrons. The van der Waals surface area contributed by atoms with E-state index in [4.69, 9.17) is 0 Å². The molecule has 8 heteroatoms. The lowest BCUT2D eigenvalue weighted by molar-refractivity contribution is -0.143. The lowest BCUT2D eigenvalue weighted by Gasteiger charge is -2.16. The topological polar surface area (TPSA) is 86.8 Å². The highest BCUT2D eigenvalue weighted by atomic mass is 19.1. The lowest BCUT2D eigenvalue weighted by atomic mass is 10.2. The number of halogens is 1. The number of hydrogen-bond donors (Lipinski definition) is 1. The number of carbonyl (C=O) groups is 4. The first-order valence-electron chi connectivity index (χ1n) is 7.44. The maximum Gasteiger partial charge on any atom is 0.334 e. The zero-order valence-electron chi connectivity index (χ0n) is 13.6. The molecule has 0 bridgehead atoms. The predicted octanol–water partition coefficient (Wildman–Crippen LogP) is 1.52. The summed E-state index contributed by atoms with van der Waals surface area (Å²) in [7, 11) is 0. The Morgan fingerprint density at radius 1 is 1.17 bits per heavy atom. The highest BCUT2D eigenvalue weighted by Gasteiger charge is 2.45. The van der Waals surface area contributed by atoms with E-state index in [2.05, 4.69) is 5.32 Å². The Kier molecular flexibility index (Phi) is 4.96. The van der Waals surface area contributed by atoms with E-state index in [1.165, 1.54) is 12.1 Å². The summed E-state index contributed by atoms with van der Waals surface area (Å²) in [6, 6.07) is 3.31. The summed E-state index contributed by atoms with van der Waals surface area (Å²) in [5.41, 5.74) is 0.625. The van der Waals surface area contributed by atoms with Gasteiger partial charge in [-0.1, -0.05) is 19.9 Å². The number of nitrogens with one attached hydrogen (secondary N) is 1. The molecule has 0 spiro atoms. The van der Waals surface area contributed by atoms with Crippen molar-refractivity contribution in [1.29, 1.82) is 0 Å². The maximum absolute atomic E-state index is 13.5. The molecule has 0 unspecified atom stereocenters. The molecule has 1 aromatic carbocycles. The summed E-state index contributed by atoms with van der Waals surface area (Å²) in [4.78, 5) is 49.2. The summed E-state index contributed by atoms with van der Waals surface area (Å²) in [6.45, 7) is 4.67. The molecule has 1 fully saturated rings. The quantitative estimate of drug-likeness (QED) is 0.653. The van der Waals surface area contributed by atoms with Gasteiger partial charge < -0.3 is 5.32 Å².